The lowest BCUT2D eigenvalue weighted by Crippen LogP contribution is -2.21. The van der Waals surface area contributed by atoms with Crippen molar-refractivity contribution in [3.8, 4) is 11.3 Å². The molecule has 0 saturated heterocycles. The van der Waals surface area contributed by atoms with Crippen molar-refractivity contribution in [2.75, 3.05) is 0 Å². The number of aryl methyl sites for hydroxylation is 2. The van der Waals surface area contributed by atoms with Gasteiger partial charge in [-0.1, -0.05) is 31.5 Å². The van der Waals surface area contributed by atoms with Crippen molar-refractivity contribution in [2.45, 2.75) is 40.3 Å². The summed E-state index contributed by atoms with van der Waals surface area (Å²) >= 11 is 0. The fraction of sp³-hybridized carbons (Fsp3) is 0.375. The van der Waals surface area contributed by atoms with E-state index in [9.17, 15) is 0 Å². The molecule has 18 heavy (non-hydrogen) atoms. The maximum Gasteiger partial charge on any atom is 0.134 e. The predicted octanol–water partition coefficient (Wildman–Crippen LogP) is 4.06. The van der Waals surface area contributed by atoms with Crippen molar-refractivity contribution < 1.29 is 4.42 Å². The molecule has 2 rings (SSSR count). The summed E-state index contributed by atoms with van der Waals surface area (Å²) in [6, 6.07) is 11.0. The van der Waals surface area contributed by atoms with E-state index in [2.05, 4.69) is 57.3 Å². The molecular weight excluding hydrogens is 222 g/mol. The van der Waals surface area contributed by atoms with Crippen LogP contribution >= 0.6 is 0 Å². The molecule has 0 radical (unpaired) electrons. The van der Waals surface area contributed by atoms with Crippen LogP contribution in [0.3, 0.4) is 0 Å². The van der Waals surface area contributed by atoms with Crippen molar-refractivity contribution in [2.24, 2.45) is 0 Å². The fourth-order valence-electron chi connectivity index (χ4n) is 1.92. The van der Waals surface area contributed by atoms with Crippen LogP contribution in [0.4, 0.5) is 0 Å². The standard InChI is InChI=1S/C16H21NO/c1-11(2)17-10-14-7-8-16(18-14)15-9-12(3)5-6-13(15)4/h5-9,11,17H,10H2,1-4H3. The molecule has 0 amide bonds. The van der Waals surface area contributed by atoms with Gasteiger partial charge in [0.05, 0.1) is 6.54 Å². The second-order valence-corrected chi connectivity index (χ2v) is 5.12. The van der Waals surface area contributed by atoms with Gasteiger partial charge >= 0.3 is 0 Å². The second kappa shape index (κ2) is 5.40. The van der Waals surface area contributed by atoms with Gasteiger partial charge in [-0.25, -0.2) is 0 Å². The first kappa shape index (κ1) is 12.9. The molecule has 0 unspecified atom stereocenters. The molecule has 0 atom stereocenters. The zero-order valence-corrected chi connectivity index (χ0v) is 11.6. The number of rotatable bonds is 4. The van der Waals surface area contributed by atoms with Crippen LogP contribution in [0.5, 0.6) is 0 Å². The van der Waals surface area contributed by atoms with E-state index in [1.165, 1.54) is 16.7 Å². The third kappa shape index (κ3) is 3.02. The van der Waals surface area contributed by atoms with Gasteiger partial charge in [-0.2, -0.15) is 0 Å². The molecule has 1 aromatic heterocycles. The SMILES string of the molecule is Cc1ccc(C)c(-c2ccc(CNC(C)C)o2)c1. The lowest BCUT2D eigenvalue weighted by Gasteiger charge is -2.06. The van der Waals surface area contributed by atoms with Gasteiger partial charge in [0.2, 0.25) is 0 Å². The summed E-state index contributed by atoms with van der Waals surface area (Å²) in [5.74, 6) is 1.94. The molecule has 96 valence electrons. The van der Waals surface area contributed by atoms with Crippen LogP contribution in [0.25, 0.3) is 11.3 Å². The van der Waals surface area contributed by atoms with Gasteiger partial charge in [0.15, 0.2) is 0 Å². The van der Waals surface area contributed by atoms with Crippen molar-refractivity contribution in [1.29, 1.82) is 0 Å². The highest BCUT2D eigenvalue weighted by molar-refractivity contribution is 5.63. The van der Waals surface area contributed by atoms with E-state index in [-0.39, 0.29) is 0 Å². The van der Waals surface area contributed by atoms with E-state index in [1.54, 1.807) is 0 Å². The second-order valence-electron chi connectivity index (χ2n) is 5.12. The number of benzene rings is 1. The Morgan fingerprint density at radius 2 is 1.89 bits per heavy atom. The van der Waals surface area contributed by atoms with Crippen LogP contribution in [0, 0.1) is 13.8 Å². The Balaban J connectivity index is 2.21. The zero-order valence-electron chi connectivity index (χ0n) is 11.6. The van der Waals surface area contributed by atoms with Gasteiger partial charge in [-0.15, -0.1) is 0 Å². The highest BCUT2D eigenvalue weighted by atomic mass is 16.3. The van der Waals surface area contributed by atoms with Gasteiger partial charge in [-0.3, -0.25) is 0 Å². The summed E-state index contributed by atoms with van der Waals surface area (Å²) in [4.78, 5) is 0. The Morgan fingerprint density at radius 1 is 1.11 bits per heavy atom. The summed E-state index contributed by atoms with van der Waals surface area (Å²) in [5, 5.41) is 3.36. The smallest absolute Gasteiger partial charge is 0.134 e. The van der Waals surface area contributed by atoms with E-state index in [1.807, 2.05) is 6.07 Å². The van der Waals surface area contributed by atoms with Gasteiger partial charge in [-0.05, 0) is 37.6 Å². The Labute approximate surface area is 109 Å². The molecule has 1 N–H and O–H groups in total. The van der Waals surface area contributed by atoms with Crippen LogP contribution in [-0.4, -0.2) is 6.04 Å². The van der Waals surface area contributed by atoms with E-state index in [0.717, 1.165) is 18.1 Å². The van der Waals surface area contributed by atoms with Crippen LogP contribution in [-0.2, 0) is 6.54 Å². The lowest BCUT2D eigenvalue weighted by atomic mass is 10.0. The molecule has 1 aromatic carbocycles. The third-order valence-corrected chi connectivity index (χ3v) is 3.00. The minimum absolute atomic E-state index is 0.472. The Morgan fingerprint density at radius 3 is 2.61 bits per heavy atom. The van der Waals surface area contributed by atoms with Crippen LogP contribution in [0.1, 0.15) is 30.7 Å². The van der Waals surface area contributed by atoms with Crippen molar-refractivity contribution >= 4 is 0 Å². The van der Waals surface area contributed by atoms with Gasteiger partial charge in [0.1, 0.15) is 11.5 Å². The Hall–Kier alpha value is -1.54. The van der Waals surface area contributed by atoms with Crippen molar-refractivity contribution in [3.05, 3.63) is 47.2 Å². The topological polar surface area (TPSA) is 25.2 Å². The molecule has 1 heterocycles. The molecule has 0 aliphatic rings. The highest BCUT2D eigenvalue weighted by Crippen LogP contribution is 2.26. The van der Waals surface area contributed by atoms with Crippen LogP contribution in [0.2, 0.25) is 0 Å². The summed E-state index contributed by atoms with van der Waals surface area (Å²) in [7, 11) is 0. The molecular formula is C16H21NO. The maximum atomic E-state index is 5.89. The number of hydrogen-bond donors (Lipinski definition) is 1. The average molecular weight is 243 g/mol. The first-order valence-electron chi connectivity index (χ1n) is 6.46. The summed E-state index contributed by atoms with van der Waals surface area (Å²) in [5.41, 5.74) is 3.69. The molecule has 0 spiro atoms. The monoisotopic (exact) mass is 243 g/mol. The summed E-state index contributed by atoms with van der Waals surface area (Å²) in [6.07, 6.45) is 0. The summed E-state index contributed by atoms with van der Waals surface area (Å²) in [6.45, 7) is 9.27. The van der Waals surface area contributed by atoms with E-state index >= 15 is 0 Å². The van der Waals surface area contributed by atoms with Gasteiger partial charge in [0.25, 0.3) is 0 Å². The summed E-state index contributed by atoms with van der Waals surface area (Å²) < 4.78 is 5.89. The van der Waals surface area contributed by atoms with E-state index in [4.69, 9.17) is 4.42 Å². The first-order chi connectivity index (χ1) is 8.56. The highest BCUT2D eigenvalue weighted by Gasteiger charge is 2.08. The molecule has 2 heteroatoms. The zero-order chi connectivity index (χ0) is 13.1. The maximum absolute atomic E-state index is 5.89. The quantitative estimate of drug-likeness (QED) is 0.876. The largest absolute Gasteiger partial charge is 0.460 e. The molecule has 0 aliphatic heterocycles. The normalized spacial score (nSPS) is 11.2. The number of nitrogens with one attached hydrogen (secondary N) is 1. The Kier molecular flexibility index (Phi) is 3.87. The van der Waals surface area contributed by atoms with Crippen molar-refractivity contribution in [1.82, 2.24) is 5.32 Å². The van der Waals surface area contributed by atoms with E-state index in [0.29, 0.717) is 6.04 Å². The predicted molar refractivity (Wildman–Crippen MR) is 75.6 cm³/mol. The minimum atomic E-state index is 0.472. The lowest BCUT2D eigenvalue weighted by molar-refractivity contribution is 0.473. The van der Waals surface area contributed by atoms with Gasteiger partial charge in [0, 0.05) is 11.6 Å². The van der Waals surface area contributed by atoms with Gasteiger partial charge < -0.3 is 9.73 Å². The number of hydrogen-bond acceptors (Lipinski definition) is 2. The Bertz CT molecular complexity index is 526. The van der Waals surface area contributed by atoms with Crippen molar-refractivity contribution in [3.63, 3.8) is 0 Å². The molecule has 2 nitrogen and oxygen atoms in total. The first-order valence-corrected chi connectivity index (χ1v) is 6.46. The minimum Gasteiger partial charge on any atom is -0.460 e. The molecule has 0 fully saturated rings. The molecule has 0 saturated carbocycles. The molecule has 0 aliphatic carbocycles. The molecule has 2 aromatic rings. The fourth-order valence-corrected chi connectivity index (χ4v) is 1.92. The number of furan rings is 1. The van der Waals surface area contributed by atoms with E-state index < -0.39 is 0 Å². The average Bonchev–Trinajstić information content (AvgIpc) is 2.78. The van der Waals surface area contributed by atoms with Crippen LogP contribution in [0.15, 0.2) is 34.7 Å². The molecule has 0 bridgehead atoms. The van der Waals surface area contributed by atoms with Crippen LogP contribution < -0.4 is 5.32 Å². The third-order valence-electron chi connectivity index (χ3n) is 3.00.